The van der Waals surface area contributed by atoms with Crippen molar-refractivity contribution in [1.29, 1.82) is 0 Å². The average Bonchev–Trinajstić information content (AvgIpc) is 3.54. The molecule has 0 bridgehead atoms. The number of phenolic OH excluding ortho intramolecular Hbond substituents is 1. The fraction of sp³-hybridized carbons (Fsp3) is 0.545. The number of carbonyl (C=O) groups is 4. The zero-order valence-electron chi connectivity index (χ0n) is 18.7. The number of phenols is 1. The molecule has 1 aliphatic heterocycles. The molecule has 1 saturated heterocycles. The zero-order valence-corrected chi connectivity index (χ0v) is 18.7. The number of likely N-dealkylation sites (N-methyl/N-ethyl adjacent to an activating group) is 1. The Labute approximate surface area is 187 Å². The van der Waals surface area contributed by atoms with Crippen LogP contribution >= 0.6 is 0 Å². The van der Waals surface area contributed by atoms with Gasteiger partial charge in [-0.1, -0.05) is 26.0 Å². The third-order valence-electron chi connectivity index (χ3n) is 4.86. The van der Waals surface area contributed by atoms with Crippen LogP contribution in [-0.4, -0.2) is 66.7 Å². The molecule has 0 aliphatic carbocycles. The molecular weight excluding hydrogens is 418 g/mol. The lowest BCUT2D eigenvalue weighted by Crippen LogP contribution is -2.55. The van der Waals surface area contributed by atoms with Crippen molar-refractivity contribution in [2.24, 2.45) is 5.92 Å². The summed E-state index contributed by atoms with van der Waals surface area (Å²) >= 11 is 0. The number of rotatable bonds is 11. The van der Waals surface area contributed by atoms with Gasteiger partial charge in [-0.05, 0) is 37.0 Å². The molecule has 0 aromatic heterocycles. The Kier molecular flexibility index (Phi) is 9.01. The quantitative estimate of drug-likeness (QED) is 0.275. The van der Waals surface area contributed by atoms with Gasteiger partial charge < -0.3 is 30.5 Å². The molecule has 176 valence electrons. The molecule has 0 saturated carbocycles. The van der Waals surface area contributed by atoms with Gasteiger partial charge in [-0.2, -0.15) is 0 Å². The molecule has 4 N–H and O–H groups in total. The maximum atomic E-state index is 13.0. The van der Waals surface area contributed by atoms with Crippen LogP contribution in [0.4, 0.5) is 0 Å². The summed E-state index contributed by atoms with van der Waals surface area (Å²) in [6.45, 7) is 5.62. The fourth-order valence-corrected chi connectivity index (χ4v) is 3.20. The molecule has 2 rings (SSSR count). The highest BCUT2D eigenvalue weighted by molar-refractivity contribution is 5.96. The van der Waals surface area contributed by atoms with Crippen LogP contribution in [0.2, 0.25) is 0 Å². The zero-order chi connectivity index (χ0) is 23.8. The van der Waals surface area contributed by atoms with Crippen molar-refractivity contribution in [3.63, 3.8) is 0 Å². The Bertz CT molecular complexity index is 825. The first-order chi connectivity index (χ1) is 15.2. The van der Waals surface area contributed by atoms with E-state index in [1.165, 1.54) is 19.2 Å². The van der Waals surface area contributed by atoms with Crippen LogP contribution in [0.15, 0.2) is 24.3 Å². The van der Waals surface area contributed by atoms with Gasteiger partial charge in [-0.15, -0.1) is 0 Å². The molecule has 32 heavy (non-hydrogen) atoms. The first-order valence-electron chi connectivity index (χ1n) is 10.6. The van der Waals surface area contributed by atoms with Crippen LogP contribution in [0.25, 0.3) is 0 Å². The predicted molar refractivity (Wildman–Crippen MR) is 114 cm³/mol. The molecule has 0 radical (unpaired) electrons. The van der Waals surface area contributed by atoms with Gasteiger partial charge >= 0.3 is 5.97 Å². The van der Waals surface area contributed by atoms with E-state index in [9.17, 15) is 24.3 Å². The number of benzene rings is 1. The number of nitrogens with one attached hydrogen (secondary N) is 3. The molecule has 2 unspecified atom stereocenters. The number of epoxide rings is 1. The Morgan fingerprint density at radius 3 is 2.25 bits per heavy atom. The fourth-order valence-electron chi connectivity index (χ4n) is 3.20. The van der Waals surface area contributed by atoms with Gasteiger partial charge in [0.15, 0.2) is 12.2 Å². The van der Waals surface area contributed by atoms with E-state index in [1.807, 2.05) is 13.8 Å². The van der Waals surface area contributed by atoms with Gasteiger partial charge in [-0.3, -0.25) is 14.4 Å². The van der Waals surface area contributed by atoms with E-state index in [1.54, 1.807) is 19.1 Å². The lowest BCUT2D eigenvalue weighted by atomic mass is 10.0. The number of ether oxygens (including phenoxy) is 2. The van der Waals surface area contributed by atoms with Crippen LogP contribution < -0.4 is 16.0 Å². The van der Waals surface area contributed by atoms with Gasteiger partial charge in [0, 0.05) is 13.5 Å². The Morgan fingerprint density at radius 2 is 1.69 bits per heavy atom. The summed E-state index contributed by atoms with van der Waals surface area (Å²) in [5, 5.41) is 17.3. The lowest BCUT2D eigenvalue weighted by Gasteiger charge is -2.24. The molecule has 0 spiro atoms. The molecule has 10 heteroatoms. The average molecular weight is 450 g/mol. The lowest BCUT2D eigenvalue weighted by molar-refractivity contribution is -0.144. The normalized spacial score (nSPS) is 18.9. The van der Waals surface area contributed by atoms with Gasteiger partial charge in [0.25, 0.3) is 5.91 Å². The summed E-state index contributed by atoms with van der Waals surface area (Å²) in [5.41, 5.74) is 0.741. The van der Waals surface area contributed by atoms with E-state index in [0.29, 0.717) is 6.42 Å². The Morgan fingerprint density at radius 1 is 1.03 bits per heavy atom. The molecule has 1 fully saturated rings. The maximum Gasteiger partial charge on any atom is 0.338 e. The second-order valence-corrected chi connectivity index (χ2v) is 7.97. The molecule has 4 atom stereocenters. The van der Waals surface area contributed by atoms with E-state index in [0.717, 1.165) is 5.56 Å². The number of esters is 1. The summed E-state index contributed by atoms with van der Waals surface area (Å²) in [6, 6.07) is 4.51. The van der Waals surface area contributed by atoms with Crippen LogP contribution in [0, 0.1) is 5.92 Å². The molecule has 1 aliphatic rings. The van der Waals surface area contributed by atoms with Crippen molar-refractivity contribution in [1.82, 2.24) is 16.0 Å². The predicted octanol–water partition coefficient (Wildman–Crippen LogP) is 0.0269. The monoisotopic (exact) mass is 449 g/mol. The first-order valence-corrected chi connectivity index (χ1v) is 10.6. The number of hydrogen-bond donors (Lipinski definition) is 4. The van der Waals surface area contributed by atoms with Gasteiger partial charge in [-0.25, -0.2) is 4.79 Å². The second-order valence-electron chi connectivity index (χ2n) is 7.97. The van der Waals surface area contributed by atoms with Crippen molar-refractivity contribution < 1.29 is 33.8 Å². The van der Waals surface area contributed by atoms with E-state index in [4.69, 9.17) is 9.47 Å². The van der Waals surface area contributed by atoms with Crippen LogP contribution in [0.3, 0.4) is 0 Å². The summed E-state index contributed by atoms with van der Waals surface area (Å²) < 4.78 is 9.94. The van der Waals surface area contributed by atoms with Crippen molar-refractivity contribution in [3.8, 4) is 5.75 Å². The minimum atomic E-state index is -0.997. The minimum Gasteiger partial charge on any atom is -0.508 e. The van der Waals surface area contributed by atoms with Crippen molar-refractivity contribution in [3.05, 3.63) is 29.8 Å². The van der Waals surface area contributed by atoms with E-state index in [2.05, 4.69) is 16.0 Å². The number of hydrogen-bond acceptors (Lipinski definition) is 7. The standard InChI is InChI=1S/C22H31N3O7/c1-5-31-22(30)18-17(32-18)21(29)25-15(10-12(2)3)20(28)24-16(19(27)23-4)11-13-6-8-14(26)9-7-13/h6-9,12,15-18,26H,5,10-11H2,1-4H3,(H,23,27)(H,24,28)(H,25,29)/t15-,16-,17?,18?/m0/s1. The third kappa shape index (κ3) is 7.23. The van der Waals surface area contributed by atoms with E-state index < -0.39 is 48.0 Å². The highest BCUT2D eigenvalue weighted by Gasteiger charge is 2.52. The SMILES string of the molecule is CCOC(=O)C1OC1C(=O)N[C@@H](CC(C)C)C(=O)N[C@@H](Cc1ccc(O)cc1)C(=O)NC. The largest absolute Gasteiger partial charge is 0.508 e. The van der Waals surface area contributed by atoms with Gasteiger partial charge in [0.1, 0.15) is 17.8 Å². The first kappa shape index (κ1) is 25.1. The van der Waals surface area contributed by atoms with Crippen LogP contribution in [0.1, 0.15) is 32.8 Å². The summed E-state index contributed by atoms with van der Waals surface area (Å²) in [5.74, 6) is -1.95. The number of aromatic hydroxyl groups is 1. The molecule has 1 aromatic rings. The summed E-state index contributed by atoms with van der Waals surface area (Å²) in [6.07, 6.45) is -1.44. The van der Waals surface area contributed by atoms with Crippen molar-refractivity contribution in [2.45, 2.75) is 57.9 Å². The molecule has 1 heterocycles. The summed E-state index contributed by atoms with van der Waals surface area (Å²) in [4.78, 5) is 49.5. The number of amides is 3. The topological polar surface area (TPSA) is 146 Å². The maximum absolute atomic E-state index is 13.0. The molecule has 3 amide bonds. The Hall–Kier alpha value is -3.14. The molecule has 10 nitrogen and oxygen atoms in total. The van der Waals surface area contributed by atoms with Crippen molar-refractivity contribution in [2.75, 3.05) is 13.7 Å². The molecule has 1 aromatic carbocycles. The van der Waals surface area contributed by atoms with Crippen LogP contribution in [-0.2, 0) is 35.1 Å². The van der Waals surface area contributed by atoms with E-state index in [-0.39, 0.29) is 24.7 Å². The third-order valence-corrected chi connectivity index (χ3v) is 4.86. The van der Waals surface area contributed by atoms with Crippen LogP contribution in [0.5, 0.6) is 5.75 Å². The minimum absolute atomic E-state index is 0.0718. The number of carbonyl (C=O) groups excluding carboxylic acids is 4. The highest BCUT2D eigenvalue weighted by atomic mass is 16.6. The molecular formula is C22H31N3O7. The second kappa shape index (κ2) is 11.5. The highest BCUT2D eigenvalue weighted by Crippen LogP contribution is 2.24. The van der Waals surface area contributed by atoms with Gasteiger partial charge in [0.2, 0.25) is 11.8 Å². The van der Waals surface area contributed by atoms with E-state index >= 15 is 0 Å². The Balaban J connectivity index is 2.05. The van der Waals surface area contributed by atoms with Crippen molar-refractivity contribution >= 4 is 23.7 Å². The summed E-state index contributed by atoms with van der Waals surface area (Å²) in [7, 11) is 1.46. The van der Waals surface area contributed by atoms with Gasteiger partial charge in [0.05, 0.1) is 6.61 Å². The smallest absolute Gasteiger partial charge is 0.338 e.